The summed E-state index contributed by atoms with van der Waals surface area (Å²) in [6.07, 6.45) is 3.17. The Morgan fingerprint density at radius 2 is 2.06 bits per heavy atom. The summed E-state index contributed by atoms with van der Waals surface area (Å²) in [7, 11) is 0. The highest BCUT2D eigenvalue weighted by Crippen LogP contribution is 2.39. The van der Waals surface area contributed by atoms with Crippen LogP contribution in [0.3, 0.4) is 0 Å². The molecule has 1 aliphatic rings. The van der Waals surface area contributed by atoms with Gasteiger partial charge < -0.3 is 0 Å². The van der Waals surface area contributed by atoms with Crippen molar-refractivity contribution in [2.24, 2.45) is 0 Å². The molecule has 0 N–H and O–H groups in total. The third-order valence-electron chi connectivity index (χ3n) is 3.01. The molecule has 0 radical (unpaired) electrons. The van der Waals surface area contributed by atoms with E-state index in [2.05, 4.69) is 38.0 Å². The molecule has 0 aliphatic heterocycles. The minimum Gasteiger partial charge on any atom is -0.237 e. The molecule has 0 bridgehead atoms. The van der Waals surface area contributed by atoms with Gasteiger partial charge in [0.2, 0.25) is 0 Å². The second-order valence-electron chi connectivity index (χ2n) is 4.61. The maximum atomic E-state index is 6.06. The van der Waals surface area contributed by atoms with E-state index in [1.54, 1.807) is 0 Å². The Morgan fingerprint density at radius 1 is 1.22 bits per heavy atom. The van der Waals surface area contributed by atoms with Crippen LogP contribution in [-0.4, -0.2) is 9.97 Å². The lowest BCUT2D eigenvalue weighted by molar-refractivity contribution is 0.899. The van der Waals surface area contributed by atoms with Gasteiger partial charge in [-0.15, -0.1) is 0 Å². The van der Waals surface area contributed by atoms with Gasteiger partial charge in [-0.1, -0.05) is 39.7 Å². The first-order valence-electron chi connectivity index (χ1n) is 5.98. The number of nitrogens with zero attached hydrogens (tertiary/aromatic N) is 2. The monoisotopic (exact) mass is 322 g/mol. The highest BCUT2D eigenvalue weighted by Gasteiger charge is 2.25. The second-order valence-corrected chi connectivity index (χ2v) is 5.92. The summed E-state index contributed by atoms with van der Waals surface area (Å²) >= 11 is 9.53. The average Bonchev–Trinajstić information content (AvgIpc) is 3.11. The second kappa shape index (κ2) is 4.98. The molecule has 3 rings (SSSR count). The van der Waals surface area contributed by atoms with E-state index in [0.29, 0.717) is 11.1 Å². The molecule has 0 saturated heterocycles. The van der Waals surface area contributed by atoms with E-state index < -0.39 is 0 Å². The van der Waals surface area contributed by atoms with E-state index in [0.717, 1.165) is 22.4 Å². The van der Waals surface area contributed by atoms with Gasteiger partial charge in [0.25, 0.3) is 0 Å². The number of benzene rings is 1. The van der Waals surface area contributed by atoms with Gasteiger partial charge in [0.15, 0.2) is 0 Å². The predicted molar refractivity (Wildman–Crippen MR) is 76.0 cm³/mol. The molecule has 0 unspecified atom stereocenters. The minimum atomic E-state index is 0.553. The van der Waals surface area contributed by atoms with Gasteiger partial charge in [-0.2, -0.15) is 0 Å². The van der Waals surface area contributed by atoms with Crippen LogP contribution in [0.5, 0.6) is 0 Å². The van der Waals surface area contributed by atoms with Crippen molar-refractivity contribution >= 4 is 27.5 Å². The summed E-state index contributed by atoms with van der Waals surface area (Å²) in [5.74, 6) is 1.41. The van der Waals surface area contributed by atoms with E-state index in [1.165, 1.54) is 18.4 Å². The van der Waals surface area contributed by atoms with E-state index in [4.69, 9.17) is 11.6 Å². The summed E-state index contributed by atoms with van der Waals surface area (Å²) in [6, 6.07) is 10.1. The van der Waals surface area contributed by atoms with Gasteiger partial charge >= 0.3 is 0 Å². The average molecular weight is 324 g/mol. The lowest BCUT2D eigenvalue weighted by Gasteiger charge is -2.05. The molecule has 1 aromatic heterocycles. The molecular weight excluding hydrogens is 312 g/mol. The summed E-state index contributed by atoms with van der Waals surface area (Å²) in [6.45, 7) is 0. The molecule has 1 saturated carbocycles. The molecule has 1 aliphatic carbocycles. The molecule has 2 aromatic rings. The van der Waals surface area contributed by atoms with Crippen molar-refractivity contribution in [2.75, 3.05) is 0 Å². The van der Waals surface area contributed by atoms with Crippen LogP contribution in [0.1, 0.15) is 35.8 Å². The Kier molecular flexibility index (Phi) is 3.35. The number of aromatic nitrogens is 2. The van der Waals surface area contributed by atoms with Crippen LogP contribution >= 0.6 is 27.5 Å². The third-order valence-corrected chi connectivity index (χ3v) is 3.69. The zero-order valence-electron chi connectivity index (χ0n) is 9.74. The van der Waals surface area contributed by atoms with Crippen molar-refractivity contribution in [3.05, 3.63) is 57.0 Å². The molecule has 92 valence electrons. The summed E-state index contributed by atoms with van der Waals surface area (Å²) < 4.78 is 1.07. The summed E-state index contributed by atoms with van der Waals surface area (Å²) in [5.41, 5.74) is 2.29. The van der Waals surface area contributed by atoms with Gasteiger partial charge in [-0.05, 0) is 36.6 Å². The fourth-order valence-electron chi connectivity index (χ4n) is 1.98. The normalized spacial score (nSPS) is 14.8. The highest BCUT2D eigenvalue weighted by atomic mass is 79.9. The van der Waals surface area contributed by atoms with Crippen LogP contribution in [0.4, 0.5) is 0 Å². The van der Waals surface area contributed by atoms with Crippen molar-refractivity contribution in [3.8, 4) is 0 Å². The van der Waals surface area contributed by atoms with Crippen LogP contribution < -0.4 is 0 Å². The molecule has 4 heteroatoms. The SMILES string of the molecule is Clc1cc(C2CC2)nc(Cc2cccc(Br)c2)n1. The van der Waals surface area contributed by atoms with Crippen molar-refractivity contribution in [1.29, 1.82) is 0 Å². The van der Waals surface area contributed by atoms with Crippen molar-refractivity contribution in [3.63, 3.8) is 0 Å². The van der Waals surface area contributed by atoms with Crippen LogP contribution in [0.2, 0.25) is 5.15 Å². The topological polar surface area (TPSA) is 25.8 Å². The molecular formula is C14H12BrClN2. The first kappa shape index (κ1) is 12.1. The van der Waals surface area contributed by atoms with Crippen LogP contribution in [0.15, 0.2) is 34.8 Å². The Bertz CT molecular complexity index is 582. The number of hydrogen-bond donors (Lipinski definition) is 0. The molecule has 18 heavy (non-hydrogen) atoms. The smallest absolute Gasteiger partial charge is 0.134 e. The molecule has 1 fully saturated rings. The maximum absolute atomic E-state index is 6.06. The number of halogens is 2. The van der Waals surface area contributed by atoms with Gasteiger partial charge in [0.05, 0.1) is 0 Å². The molecule has 0 spiro atoms. The first-order valence-corrected chi connectivity index (χ1v) is 7.15. The van der Waals surface area contributed by atoms with E-state index in [-0.39, 0.29) is 0 Å². The van der Waals surface area contributed by atoms with E-state index in [9.17, 15) is 0 Å². The van der Waals surface area contributed by atoms with Crippen molar-refractivity contribution in [2.45, 2.75) is 25.2 Å². The van der Waals surface area contributed by atoms with Crippen LogP contribution in [0.25, 0.3) is 0 Å². The largest absolute Gasteiger partial charge is 0.237 e. The lowest BCUT2D eigenvalue weighted by atomic mass is 10.1. The Hall–Kier alpha value is -0.930. The number of rotatable bonds is 3. The van der Waals surface area contributed by atoms with Crippen molar-refractivity contribution < 1.29 is 0 Å². The van der Waals surface area contributed by atoms with Crippen LogP contribution in [-0.2, 0) is 6.42 Å². The molecule has 0 amide bonds. The third kappa shape index (κ3) is 2.90. The zero-order chi connectivity index (χ0) is 12.5. The van der Waals surface area contributed by atoms with Gasteiger partial charge in [-0.3, -0.25) is 0 Å². The van der Waals surface area contributed by atoms with Gasteiger partial charge in [0.1, 0.15) is 11.0 Å². The fourth-order valence-corrected chi connectivity index (χ4v) is 2.64. The predicted octanol–water partition coefficient (Wildman–Crippen LogP) is 4.36. The Labute approximate surface area is 120 Å². The molecule has 1 heterocycles. The molecule has 0 atom stereocenters. The quantitative estimate of drug-likeness (QED) is 0.784. The Morgan fingerprint density at radius 3 is 2.78 bits per heavy atom. The van der Waals surface area contributed by atoms with Crippen LogP contribution in [0, 0.1) is 0 Å². The summed E-state index contributed by atoms with van der Waals surface area (Å²) in [4.78, 5) is 8.92. The van der Waals surface area contributed by atoms with E-state index in [1.807, 2.05) is 18.2 Å². The van der Waals surface area contributed by atoms with Gasteiger partial charge in [-0.25, -0.2) is 9.97 Å². The lowest BCUT2D eigenvalue weighted by Crippen LogP contribution is -2.00. The highest BCUT2D eigenvalue weighted by molar-refractivity contribution is 9.10. The molecule has 1 aromatic carbocycles. The van der Waals surface area contributed by atoms with E-state index >= 15 is 0 Å². The minimum absolute atomic E-state index is 0.553. The summed E-state index contributed by atoms with van der Waals surface area (Å²) in [5, 5.41) is 0.553. The first-order chi connectivity index (χ1) is 8.70. The maximum Gasteiger partial charge on any atom is 0.134 e. The zero-order valence-corrected chi connectivity index (χ0v) is 12.1. The van der Waals surface area contributed by atoms with Crippen molar-refractivity contribution in [1.82, 2.24) is 9.97 Å². The fraction of sp³-hybridized carbons (Fsp3) is 0.286. The standard InChI is InChI=1S/C14H12BrClN2/c15-11-3-1-2-9(6-11)7-14-17-12(10-4-5-10)8-13(16)18-14/h1-3,6,8,10H,4-5,7H2. The number of hydrogen-bond acceptors (Lipinski definition) is 2. The van der Waals surface area contributed by atoms with Gasteiger partial charge in [0, 0.05) is 22.5 Å². The Balaban J connectivity index is 1.87. The molecule has 2 nitrogen and oxygen atoms in total.